The molecule has 0 spiro atoms. The third-order valence-corrected chi connectivity index (χ3v) is 5.51. The SMILES string of the molecule is CCOC(=O)/C(C#N)=C/c1cc2c(cc1-c1c(/C=C(\C#N)C(=O)OCC)cc(OC)c(OC)c1OC)OCO2. The number of esters is 2. The maximum absolute atomic E-state index is 12.5. The summed E-state index contributed by atoms with van der Waals surface area (Å²) in [6.45, 7) is 3.36. The Morgan fingerprint density at radius 3 is 1.85 bits per heavy atom. The normalized spacial score (nSPS) is 12.2. The van der Waals surface area contributed by atoms with Gasteiger partial charge < -0.3 is 33.2 Å². The molecule has 1 aliphatic heterocycles. The molecule has 0 atom stereocenters. The lowest BCUT2D eigenvalue weighted by Gasteiger charge is -2.20. The van der Waals surface area contributed by atoms with Gasteiger partial charge in [0.05, 0.1) is 34.5 Å². The lowest BCUT2D eigenvalue weighted by molar-refractivity contribution is -0.138. The zero-order valence-corrected chi connectivity index (χ0v) is 22.1. The third kappa shape index (κ3) is 5.89. The van der Waals surface area contributed by atoms with E-state index in [0.717, 1.165) is 0 Å². The first-order valence-electron chi connectivity index (χ1n) is 11.7. The number of nitriles is 2. The Kier molecular flexibility index (Phi) is 9.38. The first-order chi connectivity index (χ1) is 18.9. The van der Waals surface area contributed by atoms with Crippen LogP contribution in [0.2, 0.25) is 0 Å². The molecule has 1 aliphatic rings. The van der Waals surface area contributed by atoms with E-state index in [0.29, 0.717) is 33.8 Å². The van der Waals surface area contributed by atoms with Crippen molar-refractivity contribution in [2.75, 3.05) is 41.3 Å². The van der Waals surface area contributed by atoms with E-state index < -0.39 is 11.9 Å². The van der Waals surface area contributed by atoms with Gasteiger partial charge in [0.15, 0.2) is 23.0 Å². The molecule has 0 aliphatic carbocycles. The number of ether oxygens (including phenoxy) is 7. The number of rotatable bonds is 10. The summed E-state index contributed by atoms with van der Waals surface area (Å²) in [6, 6.07) is 8.49. The van der Waals surface area contributed by atoms with E-state index in [-0.39, 0.29) is 48.4 Å². The highest BCUT2D eigenvalue weighted by atomic mass is 16.7. The second kappa shape index (κ2) is 12.9. The Bertz CT molecular complexity index is 1430. The van der Waals surface area contributed by atoms with Gasteiger partial charge in [-0.1, -0.05) is 0 Å². The maximum Gasteiger partial charge on any atom is 0.348 e. The summed E-state index contributed by atoms with van der Waals surface area (Å²) in [7, 11) is 4.26. The molecule has 11 heteroatoms. The van der Waals surface area contributed by atoms with Crippen LogP contribution in [-0.4, -0.2) is 53.3 Å². The van der Waals surface area contributed by atoms with E-state index in [9.17, 15) is 20.1 Å². The van der Waals surface area contributed by atoms with Gasteiger partial charge >= 0.3 is 11.9 Å². The monoisotopic (exact) mass is 534 g/mol. The molecule has 39 heavy (non-hydrogen) atoms. The van der Waals surface area contributed by atoms with Crippen molar-refractivity contribution < 1.29 is 42.7 Å². The van der Waals surface area contributed by atoms with Crippen molar-refractivity contribution >= 4 is 24.1 Å². The second-order valence-corrected chi connectivity index (χ2v) is 7.68. The van der Waals surface area contributed by atoms with Gasteiger partial charge in [-0.15, -0.1) is 0 Å². The molecule has 0 aromatic heterocycles. The van der Waals surface area contributed by atoms with Crippen LogP contribution in [0.4, 0.5) is 0 Å². The van der Waals surface area contributed by atoms with Crippen LogP contribution >= 0.6 is 0 Å². The van der Waals surface area contributed by atoms with Crippen molar-refractivity contribution in [1.29, 1.82) is 10.5 Å². The van der Waals surface area contributed by atoms with Crippen molar-refractivity contribution in [3.63, 3.8) is 0 Å². The van der Waals surface area contributed by atoms with Crippen molar-refractivity contribution in [1.82, 2.24) is 0 Å². The van der Waals surface area contributed by atoms with Crippen molar-refractivity contribution in [3.05, 3.63) is 40.5 Å². The van der Waals surface area contributed by atoms with Crippen molar-refractivity contribution in [2.45, 2.75) is 13.8 Å². The number of methoxy groups -OCH3 is 3. The fourth-order valence-corrected chi connectivity index (χ4v) is 3.86. The highest BCUT2D eigenvalue weighted by molar-refractivity contribution is 6.02. The van der Waals surface area contributed by atoms with E-state index >= 15 is 0 Å². The molecule has 2 aromatic carbocycles. The Morgan fingerprint density at radius 1 is 0.821 bits per heavy atom. The number of hydrogen-bond acceptors (Lipinski definition) is 11. The van der Waals surface area contributed by atoms with Gasteiger partial charge in [-0.05, 0) is 60.9 Å². The predicted octanol–water partition coefficient (Wildman–Crippen LogP) is 4.05. The number of hydrogen-bond donors (Lipinski definition) is 0. The molecule has 202 valence electrons. The van der Waals surface area contributed by atoms with E-state index in [1.807, 2.05) is 12.1 Å². The molecular formula is C28H26N2O9. The fourth-order valence-electron chi connectivity index (χ4n) is 3.86. The molecule has 3 rings (SSSR count). The summed E-state index contributed by atoms with van der Waals surface area (Å²) >= 11 is 0. The van der Waals surface area contributed by atoms with E-state index in [1.165, 1.54) is 33.5 Å². The highest BCUT2D eigenvalue weighted by Crippen LogP contribution is 2.50. The first-order valence-corrected chi connectivity index (χ1v) is 11.7. The van der Waals surface area contributed by atoms with Gasteiger partial charge in [-0.3, -0.25) is 0 Å². The zero-order chi connectivity index (χ0) is 28.5. The van der Waals surface area contributed by atoms with Gasteiger partial charge in [0.25, 0.3) is 0 Å². The maximum atomic E-state index is 12.5. The molecule has 0 fully saturated rings. The minimum atomic E-state index is -0.820. The third-order valence-electron chi connectivity index (χ3n) is 5.51. The van der Waals surface area contributed by atoms with Crippen LogP contribution in [0.1, 0.15) is 25.0 Å². The smallest absolute Gasteiger partial charge is 0.348 e. The highest BCUT2D eigenvalue weighted by Gasteiger charge is 2.27. The second-order valence-electron chi connectivity index (χ2n) is 7.68. The Hall–Kier alpha value is -5.16. The van der Waals surface area contributed by atoms with Crippen LogP contribution in [0.15, 0.2) is 29.3 Å². The molecule has 0 N–H and O–H groups in total. The number of carbonyl (C=O) groups is 2. The van der Waals surface area contributed by atoms with Crippen LogP contribution in [0.3, 0.4) is 0 Å². The summed E-state index contributed by atoms with van der Waals surface area (Å²) in [6.07, 6.45) is 2.67. The lowest BCUT2D eigenvalue weighted by Crippen LogP contribution is -2.07. The molecule has 0 bridgehead atoms. The van der Waals surface area contributed by atoms with Crippen LogP contribution < -0.4 is 23.7 Å². The van der Waals surface area contributed by atoms with Crippen molar-refractivity contribution in [3.8, 4) is 52.0 Å². The molecular weight excluding hydrogens is 508 g/mol. The number of nitrogens with zero attached hydrogens (tertiary/aromatic N) is 2. The molecule has 2 aromatic rings. The minimum absolute atomic E-state index is 0.0395. The van der Waals surface area contributed by atoms with Crippen LogP contribution in [0, 0.1) is 22.7 Å². The van der Waals surface area contributed by atoms with Gasteiger partial charge in [0.1, 0.15) is 23.3 Å². The molecule has 0 amide bonds. The summed E-state index contributed by atoms with van der Waals surface area (Å²) in [4.78, 5) is 24.9. The molecule has 0 unspecified atom stereocenters. The lowest BCUT2D eigenvalue weighted by atomic mass is 9.91. The predicted molar refractivity (Wildman–Crippen MR) is 138 cm³/mol. The molecule has 0 radical (unpaired) electrons. The van der Waals surface area contributed by atoms with Crippen molar-refractivity contribution in [2.24, 2.45) is 0 Å². The zero-order valence-electron chi connectivity index (χ0n) is 22.1. The fraction of sp³-hybridized carbons (Fsp3) is 0.286. The molecule has 1 heterocycles. The van der Waals surface area contributed by atoms with Gasteiger partial charge in [0, 0.05) is 5.56 Å². The molecule has 0 saturated carbocycles. The van der Waals surface area contributed by atoms with Gasteiger partial charge in [-0.2, -0.15) is 10.5 Å². The Balaban J connectivity index is 2.47. The van der Waals surface area contributed by atoms with Crippen LogP contribution in [0.5, 0.6) is 28.7 Å². The summed E-state index contributed by atoms with van der Waals surface area (Å²) in [5.74, 6) is -0.196. The number of carbonyl (C=O) groups excluding carboxylic acids is 2. The number of benzene rings is 2. The standard InChI is InChI=1S/C28H26N2O9/c1-6-36-27(31)18(13-29)8-16-10-21-22(39-15-38-21)12-20(16)24-17(9-19(14-30)28(32)37-7-2)11-23(33-3)25(34-4)26(24)35-5/h8-12H,6-7,15H2,1-5H3/b18-8+,19-9+. The summed E-state index contributed by atoms with van der Waals surface area (Å²) < 4.78 is 37.9. The van der Waals surface area contributed by atoms with Gasteiger partial charge in [-0.25, -0.2) is 9.59 Å². The molecule has 0 saturated heterocycles. The average Bonchev–Trinajstić information content (AvgIpc) is 3.40. The topological polar surface area (TPSA) is 146 Å². The van der Waals surface area contributed by atoms with Crippen LogP contribution in [-0.2, 0) is 19.1 Å². The Morgan fingerprint density at radius 2 is 1.36 bits per heavy atom. The van der Waals surface area contributed by atoms with Crippen LogP contribution in [0.25, 0.3) is 23.3 Å². The average molecular weight is 535 g/mol. The van der Waals surface area contributed by atoms with E-state index in [4.69, 9.17) is 33.2 Å². The Labute approximate surface area is 225 Å². The summed E-state index contributed by atoms with van der Waals surface area (Å²) in [5.41, 5.74) is 0.877. The molecule has 11 nitrogen and oxygen atoms in total. The minimum Gasteiger partial charge on any atom is -0.493 e. The van der Waals surface area contributed by atoms with E-state index in [1.54, 1.807) is 32.0 Å². The van der Waals surface area contributed by atoms with Gasteiger partial charge in [0.2, 0.25) is 12.5 Å². The number of fused-ring (bicyclic) bond motifs is 1. The largest absolute Gasteiger partial charge is 0.493 e. The summed E-state index contributed by atoms with van der Waals surface area (Å²) in [5, 5.41) is 19.4. The quantitative estimate of drug-likeness (QED) is 0.247. The van der Waals surface area contributed by atoms with E-state index in [2.05, 4.69) is 0 Å². The first kappa shape index (κ1) is 28.4.